The third kappa shape index (κ3) is 2.15. The number of hydrogen-bond donors (Lipinski definition) is 0. The lowest BCUT2D eigenvalue weighted by molar-refractivity contribution is 0.0477. The number of hydrogen-bond acceptors (Lipinski definition) is 5. The summed E-state index contributed by atoms with van der Waals surface area (Å²) in [6.07, 6.45) is 3.30. The van der Waals surface area contributed by atoms with Gasteiger partial charge in [-0.1, -0.05) is 0 Å². The zero-order valence-electron chi connectivity index (χ0n) is 10.1. The quantitative estimate of drug-likeness (QED) is 0.761. The molecule has 0 aliphatic rings. The number of nitriles is 1. The zero-order valence-corrected chi connectivity index (χ0v) is 10.1. The Hall–Kier alpha value is -2.42. The minimum atomic E-state index is -0.497. The highest BCUT2D eigenvalue weighted by atomic mass is 16.5. The van der Waals surface area contributed by atoms with Crippen LogP contribution in [0.3, 0.4) is 0 Å². The SMILES string of the molecule is Cc1nn2cccnc2c1C(=O)OC[C@H](C)C#N. The molecular formula is C12H12N4O2. The minimum absolute atomic E-state index is 0.0684. The third-order valence-corrected chi connectivity index (χ3v) is 2.46. The molecule has 0 fully saturated rings. The highest BCUT2D eigenvalue weighted by Crippen LogP contribution is 2.14. The second-order valence-electron chi connectivity index (χ2n) is 3.98. The molecule has 0 unspecified atom stereocenters. The van der Waals surface area contributed by atoms with E-state index < -0.39 is 5.97 Å². The summed E-state index contributed by atoms with van der Waals surface area (Å²) in [7, 11) is 0. The van der Waals surface area contributed by atoms with Gasteiger partial charge in [0.1, 0.15) is 12.2 Å². The molecule has 2 rings (SSSR count). The Morgan fingerprint density at radius 3 is 3.17 bits per heavy atom. The fourth-order valence-electron chi connectivity index (χ4n) is 1.55. The summed E-state index contributed by atoms with van der Waals surface area (Å²) in [6, 6.07) is 3.73. The van der Waals surface area contributed by atoms with E-state index in [-0.39, 0.29) is 12.5 Å². The number of fused-ring (bicyclic) bond motifs is 1. The predicted molar refractivity (Wildman–Crippen MR) is 62.8 cm³/mol. The molecule has 0 saturated heterocycles. The predicted octanol–water partition coefficient (Wildman–Crippen LogP) is 1.35. The van der Waals surface area contributed by atoms with Gasteiger partial charge >= 0.3 is 5.97 Å². The van der Waals surface area contributed by atoms with Crippen molar-refractivity contribution < 1.29 is 9.53 Å². The van der Waals surface area contributed by atoms with Crippen LogP contribution in [-0.2, 0) is 4.74 Å². The first kappa shape index (κ1) is 12.0. The average Bonchev–Trinajstić information content (AvgIpc) is 2.71. The van der Waals surface area contributed by atoms with Gasteiger partial charge in [-0.15, -0.1) is 0 Å². The number of aryl methyl sites for hydroxylation is 1. The van der Waals surface area contributed by atoms with Gasteiger partial charge in [0.25, 0.3) is 0 Å². The average molecular weight is 244 g/mol. The summed E-state index contributed by atoms with van der Waals surface area (Å²) in [5, 5.41) is 12.8. The van der Waals surface area contributed by atoms with Crippen LogP contribution in [0.25, 0.3) is 5.65 Å². The smallest absolute Gasteiger partial charge is 0.343 e. The number of rotatable bonds is 3. The maximum atomic E-state index is 11.9. The van der Waals surface area contributed by atoms with Crippen molar-refractivity contribution in [3.63, 3.8) is 0 Å². The van der Waals surface area contributed by atoms with Crippen molar-refractivity contribution in [3.8, 4) is 6.07 Å². The molecule has 2 aromatic rings. The molecule has 0 N–H and O–H groups in total. The summed E-state index contributed by atoms with van der Waals surface area (Å²) in [5.41, 5.74) is 1.37. The van der Waals surface area contributed by atoms with Crippen molar-refractivity contribution in [2.24, 2.45) is 5.92 Å². The van der Waals surface area contributed by atoms with Gasteiger partial charge in [0.05, 0.1) is 17.7 Å². The van der Waals surface area contributed by atoms with E-state index in [9.17, 15) is 4.79 Å². The largest absolute Gasteiger partial charge is 0.461 e. The molecule has 1 atom stereocenters. The van der Waals surface area contributed by atoms with E-state index in [1.165, 1.54) is 4.52 Å². The molecular weight excluding hydrogens is 232 g/mol. The van der Waals surface area contributed by atoms with Gasteiger partial charge in [-0.3, -0.25) is 0 Å². The lowest BCUT2D eigenvalue weighted by Crippen LogP contribution is -2.12. The van der Waals surface area contributed by atoms with Gasteiger partial charge in [0.2, 0.25) is 0 Å². The fourth-order valence-corrected chi connectivity index (χ4v) is 1.55. The van der Waals surface area contributed by atoms with Crippen LogP contribution in [0, 0.1) is 24.2 Å². The first-order chi connectivity index (χ1) is 8.63. The molecule has 0 aromatic carbocycles. The number of esters is 1. The van der Waals surface area contributed by atoms with E-state index in [0.717, 1.165) is 0 Å². The molecule has 0 amide bonds. The van der Waals surface area contributed by atoms with Crippen molar-refractivity contribution >= 4 is 11.6 Å². The van der Waals surface area contributed by atoms with E-state index in [2.05, 4.69) is 10.1 Å². The maximum Gasteiger partial charge on any atom is 0.343 e. The topological polar surface area (TPSA) is 80.3 Å². The molecule has 0 aliphatic heterocycles. The molecule has 0 bridgehead atoms. The van der Waals surface area contributed by atoms with Gasteiger partial charge in [0.15, 0.2) is 5.65 Å². The molecule has 6 nitrogen and oxygen atoms in total. The van der Waals surface area contributed by atoms with Crippen molar-refractivity contribution in [1.82, 2.24) is 14.6 Å². The molecule has 2 heterocycles. The molecule has 2 aromatic heterocycles. The van der Waals surface area contributed by atoms with Gasteiger partial charge in [-0.25, -0.2) is 14.3 Å². The Morgan fingerprint density at radius 1 is 1.67 bits per heavy atom. The Morgan fingerprint density at radius 2 is 2.44 bits per heavy atom. The molecule has 0 saturated carbocycles. The lowest BCUT2D eigenvalue weighted by Gasteiger charge is -2.04. The Labute approximate surface area is 104 Å². The second kappa shape index (κ2) is 4.84. The molecule has 92 valence electrons. The van der Waals surface area contributed by atoms with Crippen molar-refractivity contribution in [2.75, 3.05) is 6.61 Å². The van der Waals surface area contributed by atoms with Crippen LogP contribution in [0.2, 0.25) is 0 Å². The van der Waals surface area contributed by atoms with E-state index in [0.29, 0.717) is 16.9 Å². The Kier molecular flexibility index (Phi) is 3.24. The summed E-state index contributed by atoms with van der Waals surface area (Å²) in [6.45, 7) is 3.48. The van der Waals surface area contributed by atoms with Gasteiger partial charge < -0.3 is 4.74 Å². The lowest BCUT2D eigenvalue weighted by atomic mass is 10.2. The minimum Gasteiger partial charge on any atom is -0.461 e. The normalized spacial score (nSPS) is 12.1. The molecule has 0 aliphatic carbocycles. The molecule has 18 heavy (non-hydrogen) atoms. The maximum absolute atomic E-state index is 11.9. The summed E-state index contributed by atoms with van der Waals surface area (Å²) < 4.78 is 6.60. The monoisotopic (exact) mass is 244 g/mol. The van der Waals surface area contributed by atoms with Crippen LogP contribution in [-0.4, -0.2) is 27.2 Å². The Bertz CT molecular complexity index is 627. The van der Waals surface area contributed by atoms with Crippen LogP contribution in [0.4, 0.5) is 0 Å². The van der Waals surface area contributed by atoms with E-state index in [1.54, 1.807) is 32.3 Å². The highest BCUT2D eigenvalue weighted by molar-refractivity contribution is 5.97. The first-order valence-electron chi connectivity index (χ1n) is 5.50. The van der Waals surface area contributed by atoms with E-state index in [4.69, 9.17) is 10.00 Å². The van der Waals surface area contributed by atoms with Crippen molar-refractivity contribution in [3.05, 3.63) is 29.7 Å². The van der Waals surface area contributed by atoms with Crippen molar-refractivity contribution in [2.45, 2.75) is 13.8 Å². The van der Waals surface area contributed by atoms with E-state index in [1.807, 2.05) is 6.07 Å². The van der Waals surface area contributed by atoms with Crippen LogP contribution < -0.4 is 0 Å². The van der Waals surface area contributed by atoms with Gasteiger partial charge in [0, 0.05) is 12.4 Å². The molecule has 0 spiro atoms. The fraction of sp³-hybridized carbons (Fsp3) is 0.333. The number of nitrogens with zero attached hydrogens (tertiary/aromatic N) is 4. The highest BCUT2D eigenvalue weighted by Gasteiger charge is 2.19. The molecule has 0 radical (unpaired) electrons. The summed E-state index contributed by atoms with van der Waals surface area (Å²) in [4.78, 5) is 16.0. The second-order valence-corrected chi connectivity index (χ2v) is 3.98. The van der Waals surface area contributed by atoms with Gasteiger partial charge in [-0.2, -0.15) is 10.4 Å². The number of carbonyl (C=O) groups is 1. The standard InChI is InChI=1S/C12H12N4O2/c1-8(6-13)7-18-12(17)10-9(2)15-16-5-3-4-14-11(10)16/h3-5,8H,7H2,1-2H3/t8-/m1/s1. The number of carbonyl (C=O) groups excluding carboxylic acids is 1. The van der Waals surface area contributed by atoms with Crippen LogP contribution in [0.5, 0.6) is 0 Å². The van der Waals surface area contributed by atoms with Gasteiger partial charge in [-0.05, 0) is 19.9 Å². The Balaban J connectivity index is 2.28. The first-order valence-corrected chi connectivity index (χ1v) is 5.50. The van der Waals surface area contributed by atoms with E-state index >= 15 is 0 Å². The summed E-state index contributed by atoms with van der Waals surface area (Å²) in [5.74, 6) is -0.827. The van der Waals surface area contributed by atoms with Crippen LogP contribution in [0.1, 0.15) is 23.0 Å². The van der Waals surface area contributed by atoms with Crippen LogP contribution in [0.15, 0.2) is 18.5 Å². The molecule has 6 heteroatoms. The summed E-state index contributed by atoms with van der Waals surface area (Å²) >= 11 is 0. The zero-order chi connectivity index (χ0) is 13.1. The number of ether oxygens (including phenoxy) is 1. The number of aromatic nitrogens is 3. The van der Waals surface area contributed by atoms with Crippen LogP contribution >= 0.6 is 0 Å². The van der Waals surface area contributed by atoms with Crippen molar-refractivity contribution in [1.29, 1.82) is 5.26 Å². The third-order valence-electron chi connectivity index (χ3n) is 2.46.